The van der Waals surface area contributed by atoms with Gasteiger partial charge in [0.2, 0.25) is 9.47 Å². The lowest BCUT2D eigenvalue weighted by Crippen LogP contribution is -2.11. The predicted octanol–water partition coefficient (Wildman–Crippen LogP) is 1.83. The summed E-state index contributed by atoms with van der Waals surface area (Å²) >= 11 is 0.863. The topological polar surface area (TPSA) is 98.0 Å². The van der Waals surface area contributed by atoms with Crippen LogP contribution in [0.4, 0.5) is 5.13 Å². The zero-order valence-corrected chi connectivity index (χ0v) is 12.5. The summed E-state index contributed by atoms with van der Waals surface area (Å²) in [5.74, 6) is 0. The van der Waals surface area contributed by atoms with Crippen molar-refractivity contribution in [3.05, 3.63) is 42.0 Å². The van der Waals surface area contributed by atoms with E-state index in [1.807, 2.05) is 24.3 Å². The molecule has 0 saturated carbocycles. The van der Waals surface area contributed by atoms with Crippen molar-refractivity contribution < 1.29 is 8.42 Å². The average Bonchev–Trinajstić information content (AvgIpc) is 2.87. The van der Waals surface area contributed by atoms with Crippen LogP contribution < -0.4 is 10.5 Å². The molecule has 0 fully saturated rings. The maximum absolute atomic E-state index is 11.1. The van der Waals surface area contributed by atoms with Crippen LogP contribution in [0.5, 0.6) is 0 Å². The van der Waals surface area contributed by atoms with Gasteiger partial charge in [-0.05, 0) is 17.5 Å². The van der Waals surface area contributed by atoms with E-state index in [2.05, 4.69) is 29.0 Å². The Morgan fingerprint density at radius 2 is 2.00 bits per heavy atom. The molecule has 1 heterocycles. The second-order valence-corrected chi connectivity index (χ2v) is 6.78. The summed E-state index contributed by atoms with van der Waals surface area (Å²) in [4.78, 5) is 0. The molecule has 0 aliphatic rings. The number of benzene rings is 1. The third-order valence-electron chi connectivity index (χ3n) is 2.62. The van der Waals surface area contributed by atoms with Crippen LogP contribution in [0.25, 0.3) is 5.70 Å². The van der Waals surface area contributed by atoms with Crippen molar-refractivity contribution in [2.24, 2.45) is 5.14 Å². The van der Waals surface area contributed by atoms with Gasteiger partial charge in [0.05, 0.1) is 0 Å². The summed E-state index contributed by atoms with van der Waals surface area (Å²) in [6.45, 7) is 5.98. The number of aromatic nitrogens is 2. The van der Waals surface area contributed by atoms with E-state index in [-0.39, 0.29) is 4.34 Å². The molecular formula is C12H14N4O2S2. The minimum absolute atomic E-state index is 0.228. The molecule has 106 valence electrons. The number of nitrogens with zero attached hydrogens (tertiary/aromatic N) is 2. The summed E-state index contributed by atoms with van der Waals surface area (Å²) in [6, 6.07) is 7.90. The Morgan fingerprint density at radius 3 is 2.50 bits per heavy atom. The summed E-state index contributed by atoms with van der Waals surface area (Å²) < 4.78 is 22.0. The molecule has 20 heavy (non-hydrogen) atoms. The molecule has 2 aromatic rings. The van der Waals surface area contributed by atoms with Crippen molar-refractivity contribution in [2.45, 2.75) is 17.7 Å². The highest BCUT2D eigenvalue weighted by Crippen LogP contribution is 2.23. The predicted molar refractivity (Wildman–Crippen MR) is 79.8 cm³/mol. The van der Waals surface area contributed by atoms with Crippen LogP contribution in [-0.4, -0.2) is 18.6 Å². The molecule has 0 atom stereocenters. The largest absolute Gasteiger partial charge is 0.330 e. The number of hydrogen-bond donors (Lipinski definition) is 2. The smallest absolute Gasteiger partial charge is 0.267 e. The van der Waals surface area contributed by atoms with Crippen LogP contribution in [0, 0.1) is 0 Å². The van der Waals surface area contributed by atoms with Crippen LogP contribution in [0.2, 0.25) is 0 Å². The van der Waals surface area contributed by atoms with E-state index in [0.717, 1.165) is 23.3 Å². The zero-order valence-electron chi connectivity index (χ0n) is 10.8. The lowest BCUT2D eigenvalue weighted by Gasteiger charge is -2.06. The summed E-state index contributed by atoms with van der Waals surface area (Å²) in [7, 11) is -3.82. The molecule has 2 rings (SSSR count). The molecule has 0 bridgehead atoms. The molecule has 0 aliphatic carbocycles. The van der Waals surface area contributed by atoms with Gasteiger partial charge in [-0.25, -0.2) is 13.6 Å². The van der Waals surface area contributed by atoms with Crippen molar-refractivity contribution in [3.63, 3.8) is 0 Å². The van der Waals surface area contributed by atoms with Gasteiger partial charge in [-0.1, -0.05) is 49.1 Å². The minimum atomic E-state index is -3.82. The van der Waals surface area contributed by atoms with Crippen molar-refractivity contribution in [1.82, 2.24) is 10.2 Å². The number of hydrogen-bond acceptors (Lipinski definition) is 6. The maximum Gasteiger partial charge on any atom is 0.267 e. The van der Waals surface area contributed by atoms with Gasteiger partial charge in [0.15, 0.2) is 0 Å². The van der Waals surface area contributed by atoms with Gasteiger partial charge in [-0.3, -0.25) is 0 Å². The Hall–Kier alpha value is -1.77. The lowest BCUT2D eigenvalue weighted by molar-refractivity contribution is 0.596. The lowest BCUT2D eigenvalue weighted by atomic mass is 10.1. The van der Waals surface area contributed by atoms with Gasteiger partial charge in [0.25, 0.3) is 10.0 Å². The Balaban J connectivity index is 2.13. The van der Waals surface area contributed by atoms with Crippen molar-refractivity contribution in [2.75, 3.05) is 5.32 Å². The number of rotatable bonds is 5. The van der Waals surface area contributed by atoms with E-state index in [4.69, 9.17) is 5.14 Å². The van der Waals surface area contributed by atoms with Gasteiger partial charge in [0, 0.05) is 5.70 Å². The van der Waals surface area contributed by atoms with Crippen molar-refractivity contribution in [1.29, 1.82) is 0 Å². The standard InChI is InChI=1S/C12H14N4O2S2/c1-3-9-4-6-10(7-5-9)8(2)14-11-15-16-12(19-11)20(13,17)18/h4-7H,2-3H2,1H3,(H,14,15)(H2,13,17,18). The Bertz CT molecular complexity index is 720. The fraction of sp³-hybridized carbons (Fsp3) is 0.167. The molecule has 0 radical (unpaired) electrons. The number of aryl methyl sites for hydroxylation is 1. The third kappa shape index (κ3) is 3.41. The Morgan fingerprint density at radius 1 is 1.35 bits per heavy atom. The average molecular weight is 310 g/mol. The fourth-order valence-electron chi connectivity index (χ4n) is 1.52. The third-order valence-corrected chi connectivity index (χ3v) is 4.77. The Kier molecular flexibility index (Phi) is 4.17. The fourth-order valence-corrected chi connectivity index (χ4v) is 2.88. The maximum atomic E-state index is 11.1. The van der Waals surface area contributed by atoms with Gasteiger partial charge in [-0.2, -0.15) is 0 Å². The monoisotopic (exact) mass is 310 g/mol. The highest BCUT2D eigenvalue weighted by Gasteiger charge is 2.15. The Labute approximate surface area is 121 Å². The first kappa shape index (κ1) is 14.6. The molecule has 1 aromatic carbocycles. The second-order valence-electron chi connectivity index (χ2n) is 4.07. The van der Waals surface area contributed by atoms with Crippen molar-refractivity contribution >= 4 is 32.2 Å². The number of primary sulfonamides is 1. The number of nitrogens with one attached hydrogen (secondary N) is 1. The number of anilines is 1. The van der Waals surface area contributed by atoms with Gasteiger partial charge in [0.1, 0.15) is 0 Å². The van der Waals surface area contributed by atoms with Gasteiger partial charge in [-0.15, -0.1) is 10.2 Å². The molecular weight excluding hydrogens is 296 g/mol. The van der Waals surface area contributed by atoms with Crippen LogP contribution in [-0.2, 0) is 16.4 Å². The molecule has 6 nitrogen and oxygen atoms in total. The zero-order chi connectivity index (χ0) is 14.8. The first-order valence-corrected chi connectivity index (χ1v) is 8.18. The molecule has 1 aromatic heterocycles. The van der Waals surface area contributed by atoms with Gasteiger partial charge >= 0.3 is 0 Å². The quantitative estimate of drug-likeness (QED) is 0.878. The summed E-state index contributed by atoms with van der Waals surface area (Å²) in [6.07, 6.45) is 0.967. The second kappa shape index (κ2) is 5.70. The molecule has 0 amide bonds. The van der Waals surface area contributed by atoms with E-state index in [1.54, 1.807) is 0 Å². The first-order valence-electron chi connectivity index (χ1n) is 5.81. The molecule has 0 unspecified atom stereocenters. The van der Waals surface area contributed by atoms with E-state index in [0.29, 0.717) is 10.8 Å². The number of sulfonamides is 1. The molecule has 3 N–H and O–H groups in total. The SMILES string of the molecule is C=C(Nc1nnc(S(N)(=O)=O)s1)c1ccc(CC)cc1. The first-order chi connectivity index (χ1) is 9.40. The summed E-state index contributed by atoms with van der Waals surface area (Å²) in [5, 5.41) is 15.5. The molecule has 0 spiro atoms. The van der Waals surface area contributed by atoms with Crippen LogP contribution >= 0.6 is 11.3 Å². The molecule has 8 heteroatoms. The summed E-state index contributed by atoms with van der Waals surface area (Å²) in [5.41, 5.74) is 2.74. The molecule has 0 aliphatic heterocycles. The van der Waals surface area contributed by atoms with Crippen LogP contribution in [0.3, 0.4) is 0 Å². The van der Waals surface area contributed by atoms with E-state index in [9.17, 15) is 8.42 Å². The van der Waals surface area contributed by atoms with Crippen LogP contribution in [0.15, 0.2) is 35.2 Å². The van der Waals surface area contributed by atoms with Crippen LogP contribution in [0.1, 0.15) is 18.1 Å². The minimum Gasteiger partial charge on any atom is -0.330 e. The molecule has 0 saturated heterocycles. The number of nitrogens with two attached hydrogens (primary N) is 1. The van der Waals surface area contributed by atoms with Gasteiger partial charge < -0.3 is 5.32 Å². The normalized spacial score (nSPS) is 11.3. The highest BCUT2D eigenvalue weighted by atomic mass is 32.2. The van der Waals surface area contributed by atoms with Crippen molar-refractivity contribution in [3.8, 4) is 0 Å². The highest BCUT2D eigenvalue weighted by molar-refractivity contribution is 7.91. The van der Waals surface area contributed by atoms with E-state index in [1.165, 1.54) is 5.56 Å². The van der Waals surface area contributed by atoms with E-state index < -0.39 is 10.0 Å². The van der Waals surface area contributed by atoms with E-state index >= 15 is 0 Å².